The van der Waals surface area contributed by atoms with Gasteiger partial charge in [-0.1, -0.05) is 6.08 Å². The average Bonchev–Trinajstić information content (AvgIpc) is 3.18. The van der Waals surface area contributed by atoms with Crippen molar-refractivity contribution in [3.05, 3.63) is 51.6 Å². The summed E-state index contributed by atoms with van der Waals surface area (Å²) >= 11 is 6.43. The van der Waals surface area contributed by atoms with E-state index in [1.807, 2.05) is 6.07 Å². The van der Waals surface area contributed by atoms with Gasteiger partial charge >= 0.3 is 0 Å². The molecule has 27 heavy (non-hydrogen) atoms. The van der Waals surface area contributed by atoms with Crippen LogP contribution in [0.5, 0.6) is 11.6 Å². The molecule has 0 saturated carbocycles. The number of aromatic nitrogens is 1. The van der Waals surface area contributed by atoms with Gasteiger partial charge in [-0.15, -0.1) is 17.9 Å². The molecule has 0 aliphatic carbocycles. The second kappa shape index (κ2) is 7.99. The molecule has 2 aromatic rings. The summed E-state index contributed by atoms with van der Waals surface area (Å²) in [7, 11) is 1.57. The first-order valence-corrected chi connectivity index (χ1v) is 8.93. The number of ether oxygens (including phenoxy) is 2. The molecule has 1 aliphatic rings. The van der Waals surface area contributed by atoms with Gasteiger partial charge in [-0.2, -0.15) is 10.3 Å². The van der Waals surface area contributed by atoms with Gasteiger partial charge in [0.15, 0.2) is 3.95 Å². The Kier molecular flexibility index (Phi) is 5.49. The third-order valence-electron chi connectivity index (χ3n) is 3.49. The highest BCUT2D eigenvalue weighted by Gasteiger charge is 2.23. The maximum Gasteiger partial charge on any atom is 0.258 e. The van der Waals surface area contributed by atoms with Gasteiger partial charge in [0.05, 0.1) is 17.7 Å². The normalized spacial score (nSPS) is 16.1. The zero-order chi connectivity index (χ0) is 19.4. The molecule has 0 amide bonds. The molecular formula is C18H14N4O3S2. The van der Waals surface area contributed by atoms with Crippen molar-refractivity contribution >= 4 is 46.9 Å². The third-order valence-corrected chi connectivity index (χ3v) is 4.88. The fourth-order valence-electron chi connectivity index (χ4n) is 2.22. The Morgan fingerprint density at radius 3 is 2.85 bits per heavy atom. The Morgan fingerprint density at radius 2 is 2.22 bits per heavy atom. The van der Waals surface area contributed by atoms with E-state index in [2.05, 4.69) is 16.6 Å². The predicted molar refractivity (Wildman–Crippen MR) is 107 cm³/mol. The number of hydrogen-bond donors (Lipinski definition) is 1. The van der Waals surface area contributed by atoms with E-state index in [0.717, 1.165) is 0 Å². The summed E-state index contributed by atoms with van der Waals surface area (Å²) in [6, 6.07) is 8.93. The van der Waals surface area contributed by atoms with E-state index in [9.17, 15) is 10.4 Å². The Labute approximate surface area is 164 Å². The van der Waals surface area contributed by atoms with Gasteiger partial charge in [0.1, 0.15) is 11.8 Å². The van der Waals surface area contributed by atoms with Crippen LogP contribution in [0.1, 0.15) is 4.88 Å². The van der Waals surface area contributed by atoms with Crippen molar-refractivity contribution in [3.8, 4) is 17.7 Å². The first-order valence-electron chi connectivity index (χ1n) is 7.70. The van der Waals surface area contributed by atoms with Crippen LogP contribution >= 0.6 is 23.6 Å². The van der Waals surface area contributed by atoms with Gasteiger partial charge in [0, 0.05) is 12.6 Å². The molecule has 3 rings (SSSR count). The van der Waals surface area contributed by atoms with Gasteiger partial charge < -0.3 is 14.6 Å². The minimum absolute atomic E-state index is 0.00440. The molecule has 2 heterocycles. The highest BCUT2D eigenvalue weighted by molar-refractivity contribution is 7.73. The molecule has 0 saturated heterocycles. The Balaban J connectivity index is 1.91. The lowest BCUT2D eigenvalue weighted by molar-refractivity contribution is 0.415. The first-order chi connectivity index (χ1) is 13.0. The Morgan fingerprint density at radius 1 is 1.48 bits per heavy atom. The lowest BCUT2D eigenvalue weighted by Gasteiger charge is -2.01. The Bertz CT molecular complexity index is 1070. The highest BCUT2D eigenvalue weighted by Crippen LogP contribution is 2.30. The van der Waals surface area contributed by atoms with Crippen LogP contribution in [0.25, 0.3) is 6.08 Å². The molecule has 9 heteroatoms. The van der Waals surface area contributed by atoms with Gasteiger partial charge in [0.25, 0.3) is 5.90 Å². The monoisotopic (exact) mass is 398 g/mol. The number of nitriles is 1. The van der Waals surface area contributed by atoms with E-state index < -0.39 is 0 Å². The molecule has 1 aromatic heterocycles. The molecule has 7 nitrogen and oxygen atoms in total. The first kappa shape index (κ1) is 18.6. The minimum Gasteiger partial charge on any atom is -0.497 e. The number of nitrogens with zero attached hydrogens (tertiary/aromatic N) is 4. The second-order valence-electron chi connectivity index (χ2n) is 5.23. The van der Waals surface area contributed by atoms with Crippen LogP contribution in [-0.2, 0) is 11.3 Å². The number of aromatic hydroxyl groups is 1. The number of hydrogen-bond acceptors (Lipinski definition) is 8. The van der Waals surface area contributed by atoms with Gasteiger partial charge in [0.2, 0.25) is 17.5 Å². The van der Waals surface area contributed by atoms with E-state index in [-0.39, 0.29) is 23.4 Å². The Hall–Kier alpha value is -3.22. The minimum atomic E-state index is -0.00440. The number of rotatable bonds is 5. The van der Waals surface area contributed by atoms with Crippen LogP contribution in [0.3, 0.4) is 0 Å². The summed E-state index contributed by atoms with van der Waals surface area (Å²) in [5, 5.41) is 19.6. The quantitative estimate of drug-likeness (QED) is 0.602. The molecular weight excluding hydrogens is 384 g/mol. The molecule has 0 bridgehead atoms. The molecule has 1 N–H and O–H groups in total. The molecule has 0 fully saturated rings. The van der Waals surface area contributed by atoms with Crippen molar-refractivity contribution in [1.29, 1.82) is 5.26 Å². The smallest absolute Gasteiger partial charge is 0.258 e. The number of benzene rings is 1. The summed E-state index contributed by atoms with van der Waals surface area (Å²) < 4.78 is 12.7. The zero-order valence-electron chi connectivity index (χ0n) is 14.2. The number of thiazole rings is 1. The van der Waals surface area contributed by atoms with Crippen molar-refractivity contribution in [2.45, 2.75) is 6.54 Å². The van der Waals surface area contributed by atoms with Crippen molar-refractivity contribution in [1.82, 2.24) is 4.57 Å². The highest BCUT2D eigenvalue weighted by atomic mass is 32.1. The molecule has 1 aliphatic heterocycles. The van der Waals surface area contributed by atoms with E-state index in [1.165, 1.54) is 22.0 Å². The maximum absolute atomic E-state index is 10.3. The van der Waals surface area contributed by atoms with Gasteiger partial charge in [-0.3, -0.25) is 4.57 Å². The van der Waals surface area contributed by atoms with Crippen molar-refractivity contribution in [2.75, 3.05) is 7.11 Å². The summed E-state index contributed by atoms with van der Waals surface area (Å²) in [5.41, 5.74) is 0.635. The third kappa shape index (κ3) is 3.97. The summed E-state index contributed by atoms with van der Waals surface area (Å²) in [6.07, 6.45) is 3.15. The van der Waals surface area contributed by atoms with Crippen LogP contribution in [0.4, 0.5) is 5.69 Å². The SMILES string of the molecule is C=CCn1c(O)c(C=C2N=C(C#N)C(=Nc3ccc(OC)cc3)O2)sc1=S. The summed E-state index contributed by atoms with van der Waals surface area (Å²) in [4.78, 5) is 8.88. The fourth-order valence-corrected chi connectivity index (χ4v) is 3.47. The summed E-state index contributed by atoms with van der Waals surface area (Å²) in [6.45, 7) is 4.03. The fraction of sp³-hybridized carbons (Fsp3) is 0.111. The lowest BCUT2D eigenvalue weighted by Crippen LogP contribution is -2.07. The van der Waals surface area contributed by atoms with Gasteiger partial charge in [-0.25, -0.2) is 4.99 Å². The molecule has 1 aromatic carbocycles. The largest absolute Gasteiger partial charge is 0.497 e. The van der Waals surface area contributed by atoms with Crippen LogP contribution in [-0.4, -0.2) is 28.4 Å². The van der Waals surface area contributed by atoms with Gasteiger partial charge in [-0.05, 0) is 36.5 Å². The van der Waals surface area contributed by atoms with Crippen molar-refractivity contribution in [2.24, 2.45) is 9.98 Å². The summed E-state index contributed by atoms with van der Waals surface area (Å²) in [5.74, 6) is 0.927. The van der Waals surface area contributed by atoms with Crippen LogP contribution in [0.15, 0.2) is 52.8 Å². The molecule has 0 spiro atoms. The van der Waals surface area contributed by atoms with Crippen molar-refractivity contribution < 1.29 is 14.6 Å². The molecule has 0 atom stereocenters. The number of allylic oxidation sites excluding steroid dienone is 1. The maximum atomic E-state index is 10.3. The van der Waals surface area contributed by atoms with E-state index >= 15 is 0 Å². The van der Waals surface area contributed by atoms with Crippen LogP contribution < -0.4 is 4.74 Å². The standard InChI is InChI=1S/C18H14N4O3S2/c1-3-8-22-17(23)14(27-18(22)26)9-15-21-13(10-19)16(25-15)20-11-4-6-12(24-2)7-5-11/h3-7,9,23H,1,8H2,2H3. The molecule has 0 radical (unpaired) electrons. The zero-order valence-corrected chi connectivity index (χ0v) is 15.9. The average molecular weight is 398 g/mol. The number of methoxy groups -OCH3 is 1. The topological polar surface area (TPSA) is 92.1 Å². The molecule has 0 unspecified atom stereocenters. The van der Waals surface area contributed by atoms with E-state index in [0.29, 0.717) is 26.8 Å². The predicted octanol–water partition coefficient (Wildman–Crippen LogP) is 4.20. The van der Waals surface area contributed by atoms with E-state index in [4.69, 9.17) is 21.7 Å². The molecule has 136 valence electrons. The second-order valence-corrected chi connectivity index (χ2v) is 6.90. The van der Waals surface area contributed by atoms with Crippen LogP contribution in [0.2, 0.25) is 0 Å². The van der Waals surface area contributed by atoms with E-state index in [1.54, 1.807) is 37.5 Å². The lowest BCUT2D eigenvalue weighted by atomic mass is 10.3. The number of aliphatic imine (C=N–C) groups is 2. The van der Waals surface area contributed by atoms with Crippen LogP contribution in [0, 0.1) is 15.3 Å². The van der Waals surface area contributed by atoms with Crippen molar-refractivity contribution in [3.63, 3.8) is 0 Å².